The molecule has 0 saturated carbocycles. The van der Waals surface area contributed by atoms with Gasteiger partial charge in [-0.05, 0) is 48.4 Å². The largest absolute Gasteiger partial charge is 0.458 e. The molecule has 4 rings (SSSR count). The molecule has 0 radical (unpaired) electrons. The molecular formula is C26H21ClN2O5S. The first-order valence-corrected chi connectivity index (χ1v) is 11.8. The standard InChI is InChI=1S/C26H21ClN2O5S/c1-4-13-33-25(32)22-15(2)28-26-29(23(22)18-7-11-20(12-8-18)34-16(3)30)24(31)21(35-26)14-17-5-9-19(27)10-6-17/h4-12,14,23H,1,13H2,2-3H3/b21-14+/t23-/m1/s1. The van der Waals surface area contributed by atoms with Crippen LogP contribution in [0.4, 0.5) is 0 Å². The Hall–Kier alpha value is -3.75. The van der Waals surface area contributed by atoms with E-state index in [1.165, 1.54) is 28.9 Å². The fourth-order valence-electron chi connectivity index (χ4n) is 3.70. The number of esters is 2. The average molecular weight is 509 g/mol. The second-order valence-corrected chi connectivity index (χ2v) is 9.13. The molecule has 178 valence electrons. The van der Waals surface area contributed by atoms with Gasteiger partial charge >= 0.3 is 11.9 Å². The lowest BCUT2D eigenvalue weighted by Crippen LogP contribution is -2.39. The number of hydrogen-bond acceptors (Lipinski definition) is 7. The van der Waals surface area contributed by atoms with Crippen molar-refractivity contribution in [3.8, 4) is 5.75 Å². The molecule has 0 fully saturated rings. The fraction of sp³-hybridized carbons (Fsp3) is 0.154. The molecule has 7 nitrogen and oxygen atoms in total. The molecule has 2 heterocycles. The summed E-state index contributed by atoms with van der Waals surface area (Å²) in [6, 6.07) is 13.0. The van der Waals surface area contributed by atoms with Crippen LogP contribution in [0.1, 0.15) is 31.0 Å². The number of allylic oxidation sites excluding steroid dienone is 1. The van der Waals surface area contributed by atoms with Crippen LogP contribution in [0, 0.1) is 0 Å². The first-order chi connectivity index (χ1) is 16.8. The van der Waals surface area contributed by atoms with Crippen molar-refractivity contribution in [2.75, 3.05) is 6.61 Å². The Balaban J connectivity index is 1.88. The summed E-state index contributed by atoms with van der Waals surface area (Å²) >= 11 is 7.21. The highest BCUT2D eigenvalue weighted by molar-refractivity contribution is 7.07. The Labute approximate surface area is 209 Å². The van der Waals surface area contributed by atoms with Gasteiger partial charge in [0.15, 0.2) is 4.80 Å². The van der Waals surface area contributed by atoms with Crippen molar-refractivity contribution in [1.29, 1.82) is 0 Å². The van der Waals surface area contributed by atoms with E-state index in [1.54, 1.807) is 49.4 Å². The van der Waals surface area contributed by atoms with Crippen molar-refractivity contribution in [1.82, 2.24) is 4.57 Å². The Bertz CT molecular complexity index is 1520. The van der Waals surface area contributed by atoms with Gasteiger partial charge in [-0.2, -0.15) is 0 Å². The van der Waals surface area contributed by atoms with Gasteiger partial charge in [-0.1, -0.05) is 59.9 Å². The first-order valence-electron chi connectivity index (χ1n) is 10.6. The third kappa shape index (κ3) is 5.18. The molecule has 1 aliphatic heterocycles. The van der Waals surface area contributed by atoms with Crippen LogP contribution < -0.4 is 19.6 Å². The second-order valence-electron chi connectivity index (χ2n) is 7.68. The van der Waals surface area contributed by atoms with Gasteiger partial charge in [0.1, 0.15) is 12.4 Å². The Morgan fingerprint density at radius 1 is 1.17 bits per heavy atom. The lowest BCUT2D eigenvalue weighted by atomic mass is 9.96. The smallest absolute Gasteiger partial charge is 0.338 e. The van der Waals surface area contributed by atoms with E-state index < -0.39 is 18.0 Å². The molecule has 1 aliphatic rings. The lowest BCUT2D eigenvalue weighted by molar-refractivity contribution is -0.138. The van der Waals surface area contributed by atoms with E-state index >= 15 is 0 Å². The average Bonchev–Trinajstić information content (AvgIpc) is 3.12. The monoisotopic (exact) mass is 508 g/mol. The molecule has 0 N–H and O–H groups in total. The summed E-state index contributed by atoms with van der Waals surface area (Å²) in [5.41, 5.74) is 1.85. The Kier molecular flexibility index (Phi) is 7.14. The van der Waals surface area contributed by atoms with E-state index in [9.17, 15) is 14.4 Å². The van der Waals surface area contributed by atoms with Crippen molar-refractivity contribution < 1.29 is 19.1 Å². The molecule has 0 bridgehead atoms. The van der Waals surface area contributed by atoms with Gasteiger partial charge in [0, 0.05) is 11.9 Å². The molecule has 0 aliphatic carbocycles. The fourth-order valence-corrected chi connectivity index (χ4v) is 4.88. The van der Waals surface area contributed by atoms with Crippen LogP contribution in [0.2, 0.25) is 5.02 Å². The topological polar surface area (TPSA) is 87.0 Å². The van der Waals surface area contributed by atoms with Gasteiger partial charge in [-0.15, -0.1) is 0 Å². The maximum atomic E-state index is 13.6. The zero-order valence-electron chi connectivity index (χ0n) is 19.0. The number of nitrogens with zero attached hydrogens (tertiary/aromatic N) is 2. The molecule has 3 aromatic rings. The van der Waals surface area contributed by atoms with E-state index in [0.29, 0.717) is 31.4 Å². The van der Waals surface area contributed by atoms with Crippen molar-refractivity contribution in [2.45, 2.75) is 19.9 Å². The minimum atomic E-state index is -0.776. The highest BCUT2D eigenvalue weighted by atomic mass is 35.5. The third-order valence-corrected chi connectivity index (χ3v) is 6.43. The normalized spacial score (nSPS) is 15.3. The quantitative estimate of drug-likeness (QED) is 0.289. The number of rotatable bonds is 6. The van der Waals surface area contributed by atoms with Crippen LogP contribution in [0.5, 0.6) is 5.75 Å². The van der Waals surface area contributed by atoms with Gasteiger partial charge in [0.25, 0.3) is 5.56 Å². The summed E-state index contributed by atoms with van der Waals surface area (Å²) in [6.45, 7) is 6.63. The van der Waals surface area contributed by atoms with Crippen LogP contribution in [0.15, 0.2) is 82.2 Å². The second kappa shape index (κ2) is 10.2. The summed E-state index contributed by atoms with van der Waals surface area (Å²) in [7, 11) is 0. The van der Waals surface area contributed by atoms with Crippen LogP contribution in [-0.4, -0.2) is 23.1 Å². The van der Waals surface area contributed by atoms with Crippen LogP contribution in [0.25, 0.3) is 6.08 Å². The molecular weight excluding hydrogens is 488 g/mol. The predicted octanol–water partition coefficient (Wildman–Crippen LogP) is 3.54. The SMILES string of the molecule is C=CCOC(=O)C1=C(C)N=c2s/c(=C/c3ccc(Cl)cc3)c(=O)n2[C@@H]1c1ccc(OC(C)=O)cc1. The lowest BCUT2D eigenvalue weighted by Gasteiger charge is -2.24. The number of thiazole rings is 1. The highest BCUT2D eigenvalue weighted by Crippen LogP contribution is 2.31. The molecule has 0 unspecified atom stereocenters. The van der Waals surface area contributed by atoms with E-state index in [-0.39, 0.29) is 17.7 Å². The number of benzene rings is 2. The molecule has 2 aromatic carbocycles. The summed E-state index contributed by atoms with van der Waals surface area (Å²) < 4.78 is 12.4. The minimum Gasteiger partial charge on any atom is -0.458 e. The van der Waals surface area contributed by atoms with Gasteiger partial charge in [0.05, 0.1) is 21.8 Å². The Morgan fingerprint density at radius 3 is 2.49 bits per heavy atom. The summed E-state index contributed by atoms with van der Waals surface area (Å²) in [6.07, 6.45) is 3.23. The number of fused-ring (bicyclic) bond motifs is 1. The van der Waals surface area contributed by atoms with E-state index in [1.807, 2.05) is 12.1 Å². The third-order valence-electron chi connectivity index (χ3n) is 5.20. The van der Waals surface area contributed by atoms with Gasteiger partial charge in [-0.25, -0.2) is 9.79 Å². The molecule has 0 saturated heterocycles. The number of carbonyl (C=O) groups is 2. The van der Waals surface area contributed by atoms with Crippen molar-refractivity contribution >= 4 is 41.0 Å². The summed E-state index contributed by atoms with van der Waals surface area (Å²) in [5.74, 6) is -0.683. The molecule has 1 aromatic heterocycles. The maximum Gasteiger partial charge on any atom is 0.338 e. The molecule has 0 amide bonds. The van der Waals surface area contributed by atoms with Gasteiger partial charge in [0.2, 0.25) is 0 Å². The van der Waals surface area contributed by atoms with Crippen LogP contribution >= 0.6 is 22.9 Å². The summed E-state index contributed by atoms with van der Waals surface area (Å²) in [5, 5.41) is 0.596. The van der Waals surface area contributed by atoms with E-state index in [2.05, 4.69) is 11.6 Å². The maximum absolute atomic E-state index is 13.6. The number of carbonyl (C=O) groups excluding carboxylic acids is 2. The zero-order valence-corrected chi connectivity index (χ0v) is 20.6. The molecule has 9 heteroatoms. The van der Waals surface area contributed by atoms with Crippen LogP contribution in [0.3, 0.4) is 0 Å². The van der Waals surface area contributed by atoms with Gasteiger partial charge < -0.3 is 9.47 Å². The van der Waals surface area contributed by atoms with E-state index in [4.69, 9.17) is 21.1 Å². The summed E-state index contributed by atoms with van der Waals surface area (Å²) in [4.78, 5) is 42.9. The number of aromatic nitrogens is 1. The molecule has 1 atom stereocenters. The predicted molar refractivity (Wildman–Crippen MR) is 134 cm³/mol. The van der Waals surface area contributed by atoms with Crippen molar-refractivity contribution in [2.24, 2.45) is 4.99 Å². The number of ether oxygens (including phenoxy) is 2. The van der Waals surface area contributed by atoms with Gasteiger partial charge in [-0.3, -0.25) is 14.2 Å². The number of hydrogen-bond donors (Lipinski definition) is 0. The highest BCUT2D eigenvalue weighted by Gasteiger charge is 2.33. The van der Waals surface area contributed by atoms with E-state index in [0.717, 1.165) is 5.56 Å². The first kappa shape index (κ1) is 24.4. The molecule has 35 heavy (non-hydrogen) atoms. The van der Waals surface area contributed by atoms with Crippen LogP contribution in [-0.2, 0) is 14.3 Å². The zero-order chi connectivity index (χ0) is 25.1. The van der Waals surface area contributed by atoms with Crippen molar-refractivity contribution in [3.63, 3.8) is 0 Å². The molecule has 0 spiro atoms. The Morgan fingerprint density at radius 2 is 1.86 bits per heavy atom. The number of halogens is 1. The van der Waals surface area contributed by atoms with Crippen molar-refractivity contribution in [3.05, 3.63) is 108 Å². The minimum absolute atomic E-state index is 0.0225.